The topological polar surface area (TPSA) is 20.2 Å². The Morgan fingerprint density at radius 2 is 1.25 bits per heavy atom. The summed E-state index contributed by atoms with van der Waals surface area (Å²) in [5.74, 6) is 0. The molecule has 0 saturated heterocycles. The van der Waals surface area contributed by atoms with E-state index in [0.717, 1.165) is 7.11 Å². The van der Waals surface area contributed by atoms with Crippen LogP contribution >= 0.6 is 23.4 Å². The summed E-state index contributed by atoms with van der Waals surface area (Å²) in [7, 11) is 1.00. The van der Waals surface area contributed by atoms with Crippen LogP contribution < -0.4 is 0 Å². The first kappa shape index (κ1) is 21.9. The fraction of sp³-hybridized carbons (Fsp3) is 1.00. The summed E-state index contributed by atoms with van der Waals surface area (Å²) in [6.45, 7) is 0. The number of aliphatic hydroxyl groups is 1. The van der Waals surface area contributed by atoms with Gasteiger partial charge in [-0.2, -0.15) is 23.4 Å². The molecule has 0 radical (unpaired) electrons. The van der Waals surface area contributed by atoms with Crippen LogP contribution in [-0.4, -0.2) is 12.2 Å². The van der Waals surface area contributed by atoms with E-state index in [-0.39, 0.29) is 23.4 Å². The van der Waals surface area contributed by atoms with E-state index in [0.29, 0.717) is 0 Å². The Morgan fingerprint density at radius 1 is 1.25 bits per heavy atom. The van der Waals surface area contributed by atoms with Gasteiger partial charge >= 0.3 is 0 Å². The standard InChI is InChI=1S/CH4O.H3P.H2S/c1-2;;/h2H,1H3;1H3;1H2. The first-order chi connectivity index (χ1) is 1.00. The predicted octanol–water partition coefficient (Wildman–Crippen LogP) is -0.221. The minimum Gasteiger partial charge on any atom is -0.400 e. The summed E-state index contributed by atoms with van der Waals surface area (Å²) in [6, 6.07) is 0. The number of rotatable bonds is 0. The molecule has 0 fully saturated rings. The summed E-state index contributed by atoms with van der Waals surface area (Å²) in [4.78, 5) is 0. The quantitative estimate of drug-likeness (QED) is 0.417. The average Bonchev–Trinajstić information content (AvgIpc) is 1.00. The molecule has 0 aliphatic heterocycles. The minimum absolute atomic E-state index is 0. The normalized spacial score (nSPS) is 1.50. The average molecular weight is 100 g/mol. The van der Waals surface area contributed by atoms with Crippen molar-refractivity contribution in [3.63, 3.8) is 0 Å². The Hall–Kier alpha value is 0.740. The molecule has 0 spiro atoms. The summed E-state index contributed by atoms with van der Waals surface area (Å²) >= 11 is 0. The molecule has 0 amide bonds. The number of hydrogen-bond donors (Lipinski definition) is 1. The minimum atomic E-state index is 0. The highest BCUT2D eigenvalue weighted by atomic mass is 32.1. The van der Waals surface area contributed by atoms with Crippen LogP contribution in [0.5, 0.6) is 0 Å². The summed E-state index contributed by atoms with van der Waals surface area (Å²) < 4.78 is 0. The van der Waals surface area contributed by atoms with E-state index in [1.807, 2.05) is 0 Å². The molecule has 0 bridgehead atoms. The summed E-state index contributed by atoms with van der Waals surface area (Å²) in [5, 5.41) is 7.00. The fourth-order valence-corrected chi connectivity index (χ4v) is 0. The zero-order chi connectivity index (χ0) is 2.00. The van der Waals surface area contributed by atoms with E-state index in [9.17, 15) is 0 Å². The van der Waals surface area contributed by atoms with Gasteiger partial charge in [-0.15, -0.1) is 0 Å². The Bertz CT molecular complexity index is 8.00. The molecule has 1 nitrogen and oxygen atoms in total. The second-order valence-electron chi connectivity index (χ2n) is 0. The smallest absolute Gasteiger partial charge is 0.0319 e. The molecule has 1 atom stereocenters. The molecule has 0 aliphatic rings. The van der Waals surface area contributed by atoms with Crippen molar-refractivity contribution in [2.24, 2.45) is 0 Å². The van der Waals surface area contributed by atoms with Crippen LogP contribution in [0.3, 0.4) is 0 Å². The van der Waals surface area contributed by atoms with Gasteiger partial charge in [0.15, 0.2) is 0 Å². The van der Waals surface area contributed by atoms with Gasteiger partial charge in [-0.05, 0) is 0 Å². The molecule has 3 heteroatoms. The molecule has 0 rings (SSSR count). The molecular weight excluding hydrogens is 91.1 g/mol. The molecule has 0 saturated carbocycles. The number of aliphatic hydroxyl groups excluding tert-OH is 1. The third kappa shape index (κ3) is 15.1. The molecule has 0 aromatic carbocycles. The first-order valence-corrected chi connectivity index (χ1v) is 0.447. The van der Waals surface area contributed by atoms with Gasteiger partial charge in [-0.25, -0.2) is 0 Å². The lowest BCUT2D eigenvalue weighted by atomic mass is 11.8. The van der Waals surface area contributed by atoms with E-state index >= 15 is 0 Å². The molecule has 0 heterocycles. The highest BCUT2D eigenvalue weighted by Gasteiger charge is 0.839. The van der Waals surface area contributed by atoms with Crippen LogP contribution in [0.2, 0.25) is 0 Å². The van der Waals surface area contributed by atoms with Crippen LogP contribution in [0.25, 0.3) is 0 Å². The van der Waals surface area contributed by atoms with Crippen LogP contribution in [-0.2, 0) is 0 Å². The van der Waals surface area contributed by atoms with Crippen molar-refractivity contribution in [3.8, 4) is 0 Å². The van der Waals surface area contributed by atoms with Crippen LogP contribution in [0.4, 0.5) is 0 Å². The van der Waals surface area contributed by atoms with E-state index in [1.165, 1.54) is 0 Å². The van der Waals surface area contributed by atoms with Crippen molar-refractivity contribution in [3.05, 3.63) is 0 Å². The largest absolute Gasteiger partial charge is 0.400 e. The van der Waals surface area contributed by atoms with E-state index < -0.39 is 0 Å². The maximum Gasteiger partial charge on any atom is 0.0319 e. The Morgan fingerprint density at radius 3 is 1.25 bits per heavy atom. The first-order valence-electron chi connectivity index (χ1n) is 0.447. The highest BCUT2D eigenvalue weighted by molar-refractivity contribution is 7.59. The molecule has 1 unspecified atom stereocenters. The van der Waals surface area contributed by atoms with E-state index in [4.69, 9.17) is 5.11 Å². The maximum absolute atomic E-state index is 7.00. The van der Waals surface area contributed by atoms with E-state index in [2.05, 4.69) is 0 Å². The molecule has 0 aromatic rings. The zero-order valence-corrected chi connectivity index (χ0v) is 5.07. The second kappa shape index (κ2) is 51.3. The SMILES string of the molecule is CO.P.S. The third-order valence-electron chi connectivity index (χ3n) is 0. The van der Waals surface area contributed by atoms with Gasteiger partial charge in [0, 0.05) is 7.11 Å². The van der Waals surface area contributed by atoms with Gasteiger partial charge in [0.2, 0.25) is 0 Å². The second-order valence-corrected chi connectivity index (χ2v) is 0. The van der Waals surface area contributed by atoms with Gasteiger partial charge in [-0.3, -0.25) is 0 Å². The van der Waals surface area contributed by atoms with Gasteiger partial charge in [0.1, 0.15) is 0 Å². The van der Waals surface area contributed by atoms with Gasteiger partial charge < -0.3 is 5.11 Å². The maximum atomic E-state index is 7.00. The van der Waals surface area contributed by atoms with Crippen molar-refractivity contribution in [2.75, 3.05) is 7.11 Å². The summed E-state index contributed by atoms with van der Waals surface area (Å²) in [6.07, 6.45) is 0. The van der Waals surface area contributed by atoms with Crippen LogP contribution in [0.1, 0.15) is 0 Å². The highest BCUT2D eigenvalue weighted by Crippen LogP contribution is 0.861. The number of hydrogen-bond acceptors (Lipinski definition) is 1. The van der Waals surface area contributed by atoms with Crippen molar-refractivity contribution < 1.29 is 5.11 Å². The van der Waals surface area contributed by atoms with Crippen molar-refractivity contribution in [2.45, 2.75) is 0 Å². The Labute approximate surface area is 36.5 Å². The van der Waals surface area contributed by atoms with Gasteiger partial charge in [0.05, 0.1) is 0 Å². The van der Waals surface area contributed by atoms with Crippen molar-refractivity contribution in [1.82, 2.24) is 0 Å². The fourth-order valence-electron chi connectivity index (χ4n) is 0. The predicted molar refractivity (Wildman–Crippen MR) is 29.6 cm³/mol. The lowest BCUT2D eigenvalue weighted by Crippen LogP contribution is -1.25. The molecule has 30 valence electrons. The van der Waals surface area contributed by atoms with Crippen LogP contribution in [0, 0.1) is 0 Å². The molecule has 1 N–H and O–H groups in total. The third-order valence-corrected chi connectivity index (χ3v) is 0. The molecular formula is CH9OPS. The Balaban J connectivity index is -0.00000000500. The molecule has 0 aliphatic carbocycles. The monoisotopic (exact) mass is 100 g/mol. The summed E-state index contributed by atoms with van der Waals surface area (Å²) in [5.41, 5.74) is 0. The lowest BCUT2D eigenvalue weighted by molar-refractivity contribution is 0.399. The van der Waals surface area contributed by atoms with Gasteiger partial charge in [0.25, 0.3) is 0 Å². The van der Waals surface area contributed by atoms with Crippen LogP contribution in [0.15, 0.2) is 0 Å². The zero-order valence-electron chi connectivity index (χ0n) is 2.65. The van der Waals surface area contributed by atoms with Crippen molar-refractivity contribution in [1.29, 1.82) is 0 Å². The van der Waals surface area contributed by atoms with Gasteiger partial charge in [-0.1, -0.05) is 0 Å². The van der Waals surface area contributed by atoms with Crippen molar-refractivity contribution >= 4 is 23.4 Å². The van der Waals surface area contributed by atoms with E-state index in [1.54, 1.807) is 0 Å². The lowest BCUT2D eigenvalue weighted by Gasteiger charge is -1.21. The Kier molecular flexibility index (Phi) is 281. The molecule has 0 aromatic heterocycles. The molecule has 4 heavy (non-hydrogen) atoms.